The molecular formula is C24H20OP. The molecule has 0 aliphatic heterocycles. The van der Waals surface area contributed by atoms with Gasteiger partial charge in [0, 0.05) is 5.66 Å². The minimum atomic E-state index is -0.713. The fourth-order valence-electron chi connectivity index (χ4n) is 3.25. The average Bonchev–Trinajstić information content (AvgIpc) is 3.24. The van der Waals surface area contributed by atoms with Crippen LogP contribution in [-0.2, 0) is 0 Å². The standard InChI is InChI=1S/C24H20OP/c25-24(19-11-3-1-4-12-19)22-17-9-10-18-23(22)26(21-15-7-8-16-21)20-13-5-2-6-14-20/h1-18,24-25H/t24-,26-/m0/s1. The number of hydrogen-bond acceptors (Lipinski definition) is 1. The molecule has 0 bridgehead atoms. The highest BCUT2D eigenvalue weighted by Crippen LogP contribution is 2.52. The van der Waals surface area contributed by atoms with Crippen molar-refractivity contribution in [1.82, 2.24) is 0 Å². The normalized spacial score (nSPS) is 17.1. The SMILES string of the molecule is O[C@@H](c1ccccc1)c1ccccc1[P@]([C]1[CH][CH][CH][CH]1)c1ccccc1. The predicted molar refractivity (Wildman–Crippen MR) is 110 cm³/mol. The van der Waals surface area contributed by atoms with E-state index in [2.05, 4.69) is 62.1 Å². The molecule has 0 saturated heterocycles. The topological polar surface area (TPSA) is 20.2 Å². The van der Waals surface area contributed by atoms with Gasteiger partial charge in [-0.3, -0.25) is 0 Å². The predicted octanol–water partition coefficient (Wildman–Crippen LogP) is 4.56. The summed E-state index contributed by atoms with van der Waals surface area (Å²) in [5.74, 6) is 0. The molecule has 3 aromatic carbocycles. The van der Waals surface area contributed by atoms with Crippen LogP contribution in [0.4, 0.5) is 0 Å². The molecule has 2 heteroatoms. The number of aliphatic hydroxyl groups excluding tert-OH is 1. The minimum Gasteiger partial charge on any atom is -0.384 e. The van der Waals surface area contributed by atoms with Crippen LogP contribution in [-0.4, -0.2) is 5.11 Å². The second-order valence-corrected chi connectivity index (χ2v) is 8.37. The highest BCUT2D eigenvalue weighted by Gasteiger charge is 2.31. The lowest BCUT2D eigenvalue weighted by Crippen LogP contribution is -2.21. The molecule has 26 heavy (non-hydrogen) atoms. The average molecular weight is 355 g/mol. The summed E-state index contributed by atoms with van der Waals surface area (Å²) in [7, 11) is -0.713. The first kappa shape index (κ1) is 17.5. The summed E-state index contributed by atoms with van der Waals surface area (Å²) in [5.41, 5.74) is 3.21. The fraction of sp³-hybridized carbons (Fsp3) is 0.0417. The Morgan fingerprint density at radius 2 is 1.23 bits per heavy atom. The second kappa shape index (κ2) is 8.16. The van der Waals surface area contributed by atoms with Crippen LogP contribution in [0.25, 0.3) is 0 Å². The summed E-state index contributed by atoms with van der Waals surface area (Å²) >= 11 is 0. The first-order chi connectivity index (χ1) is 12.8. The highest BCUT2D eigenvalue weighted by molar-refractivity contribution is 7.76. The van der Waals surface area contributed by atoms with Crippen molar-refractivity contribution in [2.24, 2.45) is 0 Å². The van der Waals surface area contributed by atoms with E-state index >= 15 is 0 Å². The third-order valence-corrected chi connectivity index (χ3v) is 7.02. The summed E-state index contributed by atoms with van der Waals surface area (Å²) in [4.78, 5) is 0. The fourth-order valence-corrected chi connectivity index (χ4v) is 5.74. The summed E-state index contributed by atoms with van der Waals surface area (Å²) < 4.78 is 0. The third-order valence-electron chi connectivity index (χ3n) is 4.51. The maximum atomic E-state index is 11.1. The van der Waals surface area contributed by atoms with Gasteiger partial charge in [-0.15, -0.1) is 0 Å². The Balaban J connectivity index is 1.79. The Bertz CT molecular complexity index is 825. The Morgan fingerprint density at radius 3 is 1.92 bits per heavy atom. The van der Waals surface area contributed by atoms with Gasteiger partial charge in [-0.25, -0.2) is 0 Å². The van der Waals surface area contributed by atoms with Crippen molar-refractivity contribution in [1.29, 1.82) is 0 Å². The van der Waals surface area contributed by atoms with Gasteiger partial charge < -0.3 is 5.11 Å². The third kappa shape index (κ3) is 3.61. The van der Waals surface area contributed by atoms with Crippen molar-refractivity contribution in [3.05, 3.63) is 127 Å². The van der Waals surface area contributed by atoms with Gasteiger partial charge in [-0.05, 0) is 55.3 Å². The molecule has 0 heterocycles. The van der Waals surface area contributed by atoms with Gasteiger partial charge in [0.25, 0.3) is 0 Å². The Kier molecular flexibility index (Phi) is 5.48. The summed E-state index contributed by atoms with van der Waals surface area (Å²) in [5, 5.41) is 13.6. The molecule has 127 valence electrons. The second-order valence-electron chi connectivity index (χ2n) is 6.19. The maximum Gasteiger partial charge on any atom is 0.105 e. The highest BCUT2D eigenvalue weighted by atomic mass is 31.1. The van der Waals surface area contributed by atoms with Gasteiger partial charge in [0.15, 0.2) is 0 Å². The van der Waals surface area contributed by atoms with E-state index in [4.69, 9.17) is 0 Å². The van der Waals surface area contributed by atoms with E-state index in [-0.39, 0.29) is 0 Å². The lowest BCUT2D eigenvalue weighted by molar-refractivity contribution is 0.221. The van der Waals surface area contributed by atoms with Crippen LogP contribution in [0.15, 0.2) is 84.9 Å². The van der Waals surface area contributed by atoms with E-state index in [9.17, 15) is 5.11 Å². The minimum absolute atomic E-state index is 0.629. The lowest BCUT2D eigenvalue weighted by atomic mass is 10.0. The van der Waals surface area contributed by atoms with Crippen LogP contribution < -0.4 is 10.6 Å². The molecule has 3 aromatic rings. The molecule has 1 N–H and O–H groups in total. The smallest absolute Gasteiger partial charge is 0.105 e. The van der Waals surface area contributed by atoms with Crippen molar-refractivity contribution in [3.63, 3.8) is 0 Å². The van der Waals surface area contributed by atoms with E-state index in [1.165, 1.54) is 16.3 Å². The zero-order valence-electron chi connectivity index (χ0n) is 14.4. The van der Waals surface area contributed by atoms with Gasteiger partial charge in [0.2, 0.25) is 0 Å². The van der Waals surface area contributed by atoms with Gasteiger partial charge in [0.1, 0.15) is 6.10 Å². The number of rotatable bonds is 5. The first-order valence-electron chi connectivity index (χ1n) is 8.73. The van der Waals surface area contributed by atoms with E-state index in [0.717, 1.165) is 11.1 Å². The monoisotopic (exact) mass is 355 g/mol. The van der Waals surface area contributed by atoms with Crippen LogP contribution >= 0.6 is 7.92 Å². The van der Waals surface area contributed by atoms with E-state index in [0.29, 0.717) is 0 Å². The quantitative estimate of drug-likeness (QED) is 0.665. The number of benzene rings is 3. The van der Waals surface area contributed by atoms with E-state index in [1.807, 2.05) is 48.5 Å². The number of aliphatic hydroxyl groups is 1. The molecule has 1 aliphatic rings. The summed E-state index contributed by atoms with van der Waals surface area (Å²) in [6.07, 6.45) is 7.92. The van der Waals surface area contributed by atoms with Crippen molar-refractivity contribution >= 4 is 18.5 Å². The molecule has 1 nitrogen and oxygen atoms in total. The van der Waals surface area contributed by atoms with Crippen LogP contribution in [0.2, 0.25) is 0 Å². The molecule has 4 rings (SSSR count). The van der Waals surface area contributed by atoms with Crippen molar-refractivity contribution in [3.8, 4) is 0 Å². The zero-order chi connectivity index (χ0) is 17.8. The first-order valence-corrected chi connectivity index (χ1v) is 10.1. The van der Waals surface area contributed by atoms with Crippen LogP contribution in [0.3, 0.4) is 0 Å². The largest absolute Gasteiger partial charge is 0.384 e. The summed E-state index contributed by atoms with van der Waals surface area (Å²) in [6.45, 7) is 0. The molecule has 5 radical (unpaired) electrons. The Hall–Kier alpha value is -1.95. The molecule has 2 atom stereocenters. The van der Waals surface area contributed by atoms with Gasteiger partial charge in [-0.1, -0.05) is 84.9 Å². The van der Waals surface area contributed by atoms with Crippen molar-refractivity contribution < 1.29 is 5.11 Å². The van der Waals surface area contributed by atoms with E-state index < -0.39 is 14.0 Å². The molecule has 0 unspecified atom stereocenters. The van der Waals surface area contributed by atoms with Crippen LogP contribution in [0.5, 0.6) is 0 Å². The van der Waals surface area contributed by atoms with Crippen LogP contribution in [0, 0.1) is 31.3 Å². The number of hydrogen-bond donors (Lipinski definition) is 1. The van der Waals surface area contributed by atoms with Gasteiger partial charge in [0.05, 0.1) is 0 Å². The Morgan fingerprint density at radius 1 is 0.654 bits per heavy atom. The van der Waals surface area contributed by atoms with Crippen molar-refractivity contribution in [2.75, 3.05) is 0 Å². The zero-order valence-corrected chi connectivity index (χ0v) is 15.3. The molecule has 1 saturated carbocycles. The van der Waals surface area contributed by atoms with E-state index in [1.54, 1.807) is 0 Å². The lowest BCUT2D eigenvalue weighted by Gasteiger charge is -2.28. The molecule has 1 aliphatic carbocycles. The van der Waals surface area contributed by atoms with Crippen LogP contribution in [0.1, 0.15) is 17.2 Å². The molecule has 0 amide bonds. The molecular weight excluding hydrogens is 335 g/mol. The molecule has 0 spiro atoms. The van der Waals surface area contributed by atoms with Gasteiger partial charge >= 0.3 is 0 Å². The molecule has 0 aromatic heterocycles. The van der Waals surface area contributed by atoms with Crippen molar-refractivity contribution in [2.45, 2.75) is 6.10 Å². The maximum absolute atomic E-state index is 11.1. The summed E-state index contributed by atoms with van der Waals surface area (Å²) in [6, 6.07) is 28.8. The molecule has 1 fully saturated rings. The van der Waals surface area contributed by atoms with Gasteiger partial charge in [-0.2, -0.15) is 0 Å². The Labute approximate surface area is 157 Å².